The summed E-state index contributed by atoms with van der Waals surface area (Å²) in [4.78, 5) is 23.6. The number of esters is 1. The van der Waals surface area contributed by atoms with Gasteiger partial charge in [0.2, 0.25) is 0 Å². The number of hydrogen-bond acceptors (Lipinski definition) is 5. The van der Waals surface area contributed by atoms with E-state index in [1.165, 1.54) is 12.1 Å². The Morgan fingerprint density at radius 2 is 1.77 bits per heavy atom. The lowest BCUT2D eigenvalue weighted by molar-refractivity contribution is -0.149. The van der Waals surface area contributed by atoms with Gasteiger partial charge in [-0.1, -0.05) is 35.3 Å². The van der Waals surface area contributed by atoms with Crippen molar-refractivity contribution in [1.29, 1.82) is 0 Å². The third-order valence-corrected chi connectivity index (χ3v) is 3.60. The topological polar surface area (TPSA) is 73.9 Å². The Morgan fingerprint density at radius 1 is 1.00 bits per heavy atom. The van der Waals surface area contributed by atoms with Crippen molar-refractivity contribution in [2.75, 3.05) is 25.1 Å². The summed E-state index contributed by atoms with van der Waals surface area (Å²) >= 11 is 11.7. The number of nitrogens with one attached hydrogen (secondary N) is 1. The summed E-state index contributed by atoms with van der Waals surface area (Å²) < 4.78 is 15.5. The van der Waals surface area contributed by atoms with Crippen LogP contribution in [0.5, 0.6) is 11.5 Å². The fraction of sp³-hybridized carbons (Fsp3) is 0.222. The number of ether oxygens (including phenoxy) is 3. The Morgan fingerprint density at radius 3 is 2.50 bits per heavy atom. The van der Waals surface area contributed by atoms with Gasteiger partial charge in [-0.05, 0) is 37.3 Å². The maximum Gasteiger partial charge on any atom is 0.344 e. The largest absolute Gasteiger partial charge is 0.492 e. The van der Waals surface area contributed by atoms with E-state index in [9.17, 15) is 9.59 Å². The normalized spacial score (nSPS) is 10.1. The lowest BCUT2D eigenvalue weighted by atomic mass is 10.3. The lowest BCUT2D eigenvalue weighted by Crippen LogP contribution is -2.24. The van der Waals surface area contributed by atoms with Crippen molar-refractivity contribution in [3.05, 3.63) is 52.5 Å². The quantitative estimate of drug-likeness (QED) is 0.682. The highest BCUT2D eigenvalue weighted by molar-refractivity contribution is 6.35. The highest BCUT2D eigenvalue weighted by atomic mass is 35.5. The number of rotatable bonds is 8. The number of benzene rings is 2. The molecule has 26 heavy (non-hydrogen) atoms. The first-order valence-electron chi connectivity index (χ1n) is 7.74. The van der Waals surface area contributed by atoms with Crippen LogP contribution in [0.2, 0.25) is 10.0 Å². The Hall–Kier alpha value is -2.44. The lowest BCUT2D eigenvalue weighted by Gasteiger charge is -2.11. The molecule has 0 unspecified atom stereocenters. The summed E-state index contributed by atoms with van der Waals surface area (Å²) in [7, 11) is 0. The second-order valence-corrected chi connectivity index (χ2v) is 5.85. The van der Waals surface area contributed by atoms with Gasteiger partial charge in [0.15, 0.2) is 13.2 Å². The summed E-state index contributed by atoms with van der Waals surface area (Å²) in [5.41, 5.74) is 0.500. The van der Waals surface area contributed by atoms with Gasteiger partial charge in [-0.25, -0.2) is 4.79 Å². The molecule has 1 amide bonds. The Balaban J connectivity index is 1.79. The number of hydrogen-bond donors (Lipinski definition) is 1. The molecule has 0 aromatic heterocycles. The van der Waals surface area contributed by atoms with Gasteiger partial charge in [0, 0.05) is 5.02 Å². The van der Waals surface area contributed by atoms with E-state index < -0.39 is 18.5 Å². The molecule has 0 fully saturated rings. The molecule has 0 atom stereocenters. The van der Waals surface area contributed by atoms with Crippen LogP contribution in [0.4, 0.5) is 5.69 Å². The molecular weight excluding hydrogens is 381 g/mol. The molecule has 0 saturated carbocycles. The van der Waals surface area contributed by atoms with Crippen LogP contribution in [-0.2, 0) is 14.3 Å². The van der Waals surface area contributed by atoms with Crippen LogP contribution in [0.3, 0.4) is 0 Å². The second-order valence-electron chi connectivity index (χ2n) is 5.00. The molecule has 8 heteroatoms. The summed E-state index contributed by atoms with van der Waals surface area (Å²) in [6.07, 6.45) is 0. The van der Waals surface area contributed by atoms with Crippen LogP contribution in [0.25, 0.3) is 0 Å². The minimum absolute atomic E-state index is 0.274. The van der Waals surface area contributed by atoms with E-state index in [0.29, 0.717) is 28.8 Å². The first-order valence-corrected chi connectivity index (χ1v) is 8.50. The van der Waals surface area contributed by atoms with Crippen LogP contribution in [0.1, 0.15) is 6.92 Å². The molecule has 6 nitrogen and oxygen atoms in total. The average Bonchev–Trinajstić information content (AvgIpc) is 2.61. The van der Waals surface area contributed by atoms with Gasteiger partial charge in [-0.15, -0.1) is 0 Å². The van der Waals surface area contributed by atoms with E-state index in [2.05, 4.69) is 5.32 Å². The van der Waals surface area contributed by atoms with E-state index >= 15 is 0 Å². The standard InChI is InChI=1S/C18H17Cl2NO5/c1-2-24-16-6-4-3-5-14(16)21-17(22)10-26-18(23)11-25-15-8-7-12(19)9-13(15)20/h3-9H,2,10-11H2,1H3,(H,21,22). The van der Waals surface area contributed by atoms with Crippen LogP contribution in [0.15, 0.2) is 42.5 Å². The summed E-state index contributed by atoms with van der Waals surface area (Å²) in [6, 6.07) is 11.6. The first-order chi connectivity index (χ1) is 12.5. The zero-order valence-corrected chi connectivity index (χ0v) is 15.5. The van der Waals surface area contributed by atoms with Crippen molar-refractivity contribution in [1.82, 2.24) is 0 Å². The highest BCUT2D eigenvalue weighted by Gasteiger charge is 2.12. The van der Waals surface area contributed by atoms with Crippen LogP contribution in [-0.4, -0.2) is 31.7 Å². The first kappa shape index (κ1) is 19.9. The molecule has 2 aromatic carbocycles. The van der Waals surface area contributed by atoms with E-state index in [4.69, 9.17) is 37.4 Å². The smallest absolute Gasteiger partial charge is 0.344 e. The zero-order valence-electron chi connectivity index (χ0n) is 14.0. The maximum absolute atomic E-state index is 11.9. The number of carbonyl (C=O) groups excluding carboxylic acids is 2. The minimum atomic E-state index is -0.704. The summed E-state index contributed by atoms with van der Waals surface area (Å²) in [5.74, 6) is -0.363. The maximum atomic E-state index is 11.9. The summed E-state index contributed by atoms with van der Waals surface area (Å²) in [6.45, 7) is 1.47. The molecule has 0 heterocycles. The van der Waals surface area contributed by atoms with Gasteiger partial charge in [0.05, 0.1) is 17.3 Å². The molecule has 0 radical (unpaired) electrons. The van der Waals surface area contributed by atoms with Crippen molar-refractivity contribution in [2.24, 2.45) is 0 Å². The fourth-order valence-corrected chi connectivity index (χ4v) is 2.42. The Labute approximate surface area is 160 Å². The van der Waals surface area contributed by atoms with Crippen molar-refractivity contribution in [2.45, 2.75) is 6.92 Å². The van der Waals surface area contributed by atoms with E-state index in [1.807, 2.05) is 6.92 Å². The third-order valence-electron chi connectivity index (χ3n) is 3.06. The Kier molecular flexibility index (Phi) is 7.56. The van der Waals surface area contributed by atoms with E-state index in [0.717, 1.165) is 0 Å². The number of para-hydroxylation sites is 2. The van der Waals surface area contributed by atoms with Crippen molar-refractivity contribution >= 4 is 40.8 Å². The molecule has 0 aliphatic rings. The number of amides is 1. The van der Waals surface area contributed by atoms with Gasteiger partial charge < -0.3 is 19.5 Å². The third kappa shape index (κ3) is 6.13. The molecule has 2 aromatic rings. The van der Waals surface area contributed by atoms with Crippen LogP contribution in [0, 0.1) is 0 Å². The van der Waals surface area contributed by atoms with Crippen molar-refractivity contribution in [3.63, 3.8) is 0 Å². The predicted molar refractivity (Wildman–Crippen MR) is 99.2 cm³/mol. The van der Waals surface area contributed by atoms with Gasteiger partial charge in [-0.3, -0.25) is 4.79 Å². The van der Waals surface area contributed by atoms with Gasteiger partial charge in [0.25, 0.3) is 5.91 Å². The molecule has 0 aliphatic heterocycles. The van der Waals surface area contributed by atoms with Crippen LogP contribution < -0.4 is 14.8 Å². The molecule has 0 saturated heterocycles. The zero-order chi connectivity index (χ0) is 18.9. The van der Waals surface area contributed by atoms with Gasteiger partial charge >= 0.3 is 5.97 Å². The molecule has 0 spiro atoms. The molecule has 138 valence electrons. The van der Waals surface area contributed by atoms with E-state index in [-0.39, 0.29) is 11.6 Å². The molecule has 0 aliphatic carbocycles. The van der Waals surface area contributed by atoms with Crippen molar-refractivity contribution < 1.29 is 23.8 Å². The number of halogens is 2. The van der Waals surface area contributed by atoms with Gasteiger partial charge in [-0.2, -0.15) is 0 Å². The van der Waals surface area contributed by atoms with Crippen LogP contribution >= 0.6 is 23.2 Å². The van der Waals surface area contributed by atoms with Crippen molar-refractivity contribution in [3.8, 4) is 11.5 Å². The predicted octanol–water partition coefficient (Wildman–Crippen LogP) is 3.95. The molecular formula is C18H17Cl2NO5. The molecule has 2 rings (SSSR count). The van der Waals surface area contributed by atoms with E-state index in [1.54, 1.807) is 30.3 Å². The minimum Gasteiger partial charge on any atom is -0.492 e. The molecule has 1 N–H and O–H groups in total. The SMILES string of the molecule is CCOc1ccccc1NC(=O)COC(=O)COc1ccc(Cl)cc1Cl. The average molecular weight is 398 g/mol. The number of carbonyl (C=O) groups is 2. The second kappa shape index (κ2) is 9.89. The monoisotopic (exact) mass is 397 g/mol. The Bertz CT molecular complexity index is 782. The highest BCUT2D eigenvalue weighted by Crippen LogP contribution is 2.27. The fourth-order valence-electron chi connectivity index (χ4n) is 1.95. The van der Waals surface area contributed by atoms with Gasteiger partial charge in [0.1, 0.15) is 11.5 Å². The molecule has 0 bridgehead atoms. The number of anilines is 1. The summed E-state index contributed by atoms with van der Waals surface area (Å²) in [5, 5.41) is 3.35.